The van der Waals surface area contributed by atoms with Gasteiger partial charge in [0.15, 0.2) is 11.3 Å². The molecule has 11 heteroatoms. The van der Waals surface area contributed by atoms with E-state index in [4.69, 9.17) is 20.5 Å². The SMILES string of the molecule is O=C(c1ccc(-c2noc(C3(F)CC3)n2)cc1)N1CCN(c2nc3nc(Cl)ccc3o2)CC1. The molecule has 2 fully saturated rings. The zero-order valence-electron chi connectivity index (χ0n) is 17.4. The van der Waals surface area contributed by atoms with Gasteiger partial charge in [0.05, 0.1) is 0 Å². The molecule has 33 heavy (non-hydrogen) atoms. The molecule has 2 aliphatic rings. The quantitative estimate of drug-likeness (QED) is 0.416. The lowest BCUT2D eigenvalue weighted by Gasteiger charge is -2.33. The first-order chi connectivity index (χ1) is 16.0. The Kier molecular flexibility index (Phi) is 4.58. The molecule has 1 aromatic carbocycles. The van der Waals surface area contributed by atoms with Crippen LogP contribution >= 0.6 is 11.6 Å². The second-order valence-electron chi connectivity index (χ2n) is 8.20. The summed E-state index contributed by atoms with van der Waals surface area (Å²) in [4.78, 5) is 29.4. The lowest BCUT2D eigenvalue weighted by atomic mass is 10.1. The summed E-state index contributed by atoms with van der Waals surface area (Å²) in [5.74, 6) is 0.269. The number of hydrogen-bond donors (Lipinski definition) is 0. The molecule has 3 aromatic heterocycles. The fourth-order valence-electron chi connectivity index (χ4n) is 3.81. The van der Waals surface area contributed by atoms with Gasteiger partial charge in [-0.1, -0.05) is 28.9 Å². The van der Waals surface area contributed by atoms with Crippen LogP contribution in [0.15, 0.2) is 45.3 Å². The summed E-state index contributed by atoms with van der Waals surface area (Å²) in [6.45, 7) is 2.22. The Morgan fingerprint density at radius 1 is 1.00 bits per heavy atom. The summed E-state index contributed by atoms with van der Waals surface area (Å²) in [5, 5.41) is 4.22. The van der Waals surface area contributed by atoms with Crippen molar-refractivity contribution in [2.24, 2.45) is 0 Å². The number of carbonyl (C=O) groups excluding carboxylic acids is 1. The van der Waals surface area contributed by atoms with Crippen LogP contribution < -0.4 is 4.90 Å². The number of halogens is 2. The minimum absolute atomic E-state index is 0.0216. The highest BCUT2D eigenvalue weighted by atomic mass is 35.5. The summed E-state index contributed by atoms with van der Waals surface area (Å²) in [6.07, 6.45) is 0.819. The minimum atomic E-state index is -1.47. The molecular formula is C22H18ClFN6O3. The van der Waals surface area contributed by atoms with Gasteiger partial charge in [-0.25, -0.2) is 9.37 Å². The first-order valence-electron chi connectivity index (χ1n) is 10.6. The van der Waals surface area contributed by atoms with Crippen LogP contribution in [0.1, 0.15) is 29.1 Å². The summed E-state index contributed by atoms with van der Waals surface area (Å²) in [5.41, 5.74) is 0.787. The number of oxazole rings is 1. The third-order valence-electron chi connectivity index (χ3n) is 5.93. The average Bonchev–Trinajstić information content (AvgIpc) is 3.24. The number of aromatic nitrogens is 4. The number of anilines is 1. The maximum Gasteiger partial charge on any atom is 0.300 e. The van der Waals surface area contributed by atoms with E-state index in [1.54, 1.807) is 41.3 Å². The van der Waals surface area contributed by atoms with Crippen LogP contribution in [0.5, 0.6) is 0 Å². The van der Waals surface area contributed by atoms with Gasteiger partial charge < -0.3 is 18.7 Å². The maximum atomic E-state index is 14.1. The van der Waals surface area contributed by atoms with Gasteiger partial charge in [-0.3, -0.25) is 4.79 Å². The summed E-state index contributed by atoms with van der Waals surface area (Å²) >= 11 is 5.91. The van der Waals surface area contributed by atoms with Crippen LogP contribution in [0.3, 0.4) is 0 Å². The molecule has 4 aromatic rings. The van der Waals surface area contributed by atoms with E-state index in [1.165, 1.54) is 0 Å². The predicted octanol–water partition coefficient (Wildman–Crippen LogP) is 3.85. The van der Waals surface area contributed by atoms with E-state index in [0.717, 1.165) is 0 Å². The van der Waals surface area contributed by atoms with Crippen LogP contribution in [-0.2, 0) is 5.67 Å². The topological polar surface area (TPSA) is 101 Å². The molecule has 1 amide bonds. The number of carbonyl (C=O) groups is 1. The van der Waals surface area contributed by atoms with Gasteiger partial charge in [-0.05, 0) is 37.1 Å². The summed E-state index contributed by atoms with van der Waals surface area (Å²) in [7, 11) is 0. The van der Waals surface area contributed by atoms with E-state index in [9.17, 15) is 9.18 Å². The van der Waals surface area contributed by atoms with Gasteiger partial charge in [0.25, 0.3) is 17.8 Å². The summed E-state index contributed by atoms with van der Waals surface area (Å²) in [6, 6.07) is 10.8. The third-order valence-corrected chi connectivity index (χ3v) is 6.14. The average molecular weight is 469 g/mol. The van der Waals surface area contributed by atoms with Gasteiger partial charge in [0.2, 0.25) is 11.5 Å². The highest BCUT2D eigenvalue weighted by molar-refractivity contribution is 6.29. The van der Waals surface area contributed by atoms with Gasteiger partial charge >= 0.3 is 0 Å². The Morgan fingerprint density at radius 2 is 1.76 bits per heavy atom. The normalized spacial score (nSPS) is 17.5. The van der Waals surface area contributed by atoms with Gasteiger partial charge in [-0.15, -0.1) is 0 Å². The number of fused-ring (bicyclic) bond motifs is 1. The van der Waals surface area contributed by atoms with Crippen LogP contribution in [0, 0.1) is 0 Å². The van der Waals surface area contributed by atoms with Crippen molar-refractivity contribution < 1.29 is 18.1 Å². The van der Waals surface area contributed by atoms with Crippen LogP contribution in [-0.4, -0.2) is 57.1 Å². The van der Waals surface area contributed by atoms with Crippen molar-refractivity contribution in [1.29, 1.82) is 0 Å². The number of nitrogens with zero attached hydrogens (tertiary/aromatic N) is 6. The largest absolute Gasteiger partial charge is 0.422 e. The first kappa shape index (κ1) is 20.1. The number of alkyl halides is 1. The Labute approximate surface area is 192 Å². The number of rotatable bonds is 4. The van der Waals surface area contributed by atoms with Crippen molar-refractivity contribution in [1.82, 2.24) is 25.0 Å². The zero-order valence-corrected chi connectivity index (χ0v) is 18.1. The fraction of sp³-hybridized carbons (Fsp3) is 0.318. The Bertz CT molecular complexity index is 1340. The monoisotopic (exact) mass is 468 g/mol. The van der Waals surface area contributed by atoms with Crippen LogP contribution in [0.2, 0.25) is 5.15 Å². The van der Waals surface area contributed by atoms with Gasteiger partial charge in [0, 0.05) is 37.3 Å². The molecule has 1 saturated carbocycles. The zero-order chi connectivity index (χ0) is 22.6. The molecule has 0 atom stereocenters. The number of benzene rings is 1. The second-order valence-corrected chi connectivity index (χ2v) is 8.58. The molecule has 1 aliphatic carbocycles. The molecule has 1 aliphatic heterocycles. The van der Waals surface area contributed by atoms with E-state index in [0.29, 0.717) is 78.4 Å². The van der Waals surface area contributed by atoms with Crippen LogP contribution in [0.4, 0.5) is 10.4 Å². The van der Waals surface area contributed by atoms with E-state index in [-0.39, 0.29) is 11.8 Å². The van der Waals surface area contributed by atoms with Crippen molar-refractivity contribution in [3.05, 3.63) is 53.0 Å². The second kappa shape index (κ2) is 7.51. The first-order valence-corrected chi connectivity index (χ1v) is 11.0. The Balaban J connectivity index is 1.11. The Morgan fingerprint density at radius 3 is 2.48 bits per heavy atom. The van der Waals surface area contributed by atoms with E-state index in [2.05, 4.69) is 20.1 Å². The predicted molar refractivity (Wildman–Crippen MR) is 117 cm³/mol. The number of hydrogen-bond acceptors (Lipinski definition) is 8. The lowest BCUT2D eigenvalue weighted by molar-refractivity contribution is 0.0745. The molecule has 6 rings (SSSR count). The molecule has 0 N–H and O–H groups in total. The van der Waals surface area contributed by atoms with E-state index in [1.807, 2.05) is 4.90 Å². The number of piperazine rings is 1. The number of amides is 1. The molecule has 0 radical (unpaired) electrons. The molecule has 4 heterocycles. The number of pyridine rings is 1. The molecule has 168 valence electrons. The lowest BCUT2D eigenvalue weighted by Crippen LogP contribution is -2.48. The standard InChI is InChI=1S/C22H18ClFN6O3/c23-16-6-5-15-18(25-16)27-21(32-15)30-11-9-29(10-12-30)19(31)14-3-1-13(2-4-14)17-26-20(33-28-17)22(24)7-8-22/h1-6H,7-12H2. The van der Waals surface area contributed by atoms with Crippen LogP contribution in [0.25, 0.3) is 22.6 Å². The van der Waals surface area contributed by atoms with Crippen molar-refractivity contribution in [2.75, 3.05) is 31.1 Å². The highest BCUT2D eigenvalue weighted by Gasteiger charge is 2.50. The smallest absolute Gasteiger partial charge is 0.300 e. The molecule has 0 unspecified atom stereocenters. The third kappa shape index (κ3) is 3.70. The summed E-state index contributed by atoms with van der Waals surface area (Å²) < 4.78 is 24.9. The van der Waals surface area contributed by atoms with Crippen molar-refractivity contribution >= 4 is 34.8 Å². The fourth-order valence-corrected chi connectivity index (χ4v) is 3.95. The molecule has 9 nitrogen and oxygen atoms in total. The van der Waals surface area contributed by atoms with Gasteiger partial charge in [-0.2, -0.15) is 9.97 Å². The Hall–Kier alpha value is -3.53. The highest BCUT2D eigenvalue weighted by Crippen LogP contribution is 2.49. The molecule has 0 spiro atoms. The van der Waals surface area contributed by atoms with Crippen molar-refractivity contribution in [3.63, 3.8) is 0 Å². The van der Waals surface area contributed by atoms with Gasteiger partial charge in [0.1, 0.15) is 5.15 Å². The molecule has 1 saturated heterocycles. The maximum absolute atomic E-state index is 14.1. The molecular weight excluding hydrogens is 451 g/mol. The van der Waals surface area contributed by atoms with E-state index >= 15 is 0 Å². The van der Waals surface area contributed by atoms with Crippen molar-refractivity contribution in [2.45, 2.75) is 18.5 Å². The van der Waals surface area contributed by atoms with E-state index < -0.39 is 5.67 Å². The minimum Gasteiger partial charge on any atom is -0.422 e. The van der Waals surface area contributed by atoms with Crippen molar-refractivity contribution in [3.8, 4) is 11.4 Å². The molecule has 0 bridgehead atoms.